The zero-order valence-corrected chi connectivity index (χ0v) is 29.4. The molecule has 7 aromatic rings. The number of hydrogen-bond acceptors (Lipinski definition) is 5. The molecule has 0 N–H and O–H groups in total. The van der Waals surface area contributed by atoms with Crippen LogP contribution in [0.3, 0.4) is 0 Å². The van der Waals surface area contributed by atoms with E-state index in [2.05, 4.69) is 193 Å². The summed E-state index contributed by atoms with van der Waals surface area (Å²) >= 11 is 0. The van der Waals surface area contributed by atoms with Gasteiger partial charge in [-0.05, 0) is 52.4 Å². The molecule has 5 heteroatoms. The van der Waals surface area contributed by atoms with Crippen LogP contribution in [-0.2, 0) is 5.41 Å². The van der Waals surface area contributed by atoms with Crippen LogP contribution in [0.5, 0.6) is 0 Å². The number of para-hydroxylation sites is 2. The highest BCUT2D eigenvalue weighted by Gasteiger charge is 2.43. The van der Waals surface area contributed by atoms with E-state index in [1.165, 1.54) is 44.4 Å². The van der Waals surface area contributed by atoms with Crippen molar-refractivity contribution in [2.45, 2.75) is 25.6 Å². The Morgan fingerprint density at radius 2 is 1.19 bits per heavy atom. The third kappa shape index (κ3) is 4.42. The first-order chi connectivity index (χ1) is 25.5. The summed E-state index contributed by atoms with van der Waals surface area (Å²) in [6.45, 7) is 4.73. The van der Waals surface area contributed by atoms with Gasteiger partial charge in [0.15, 0.2) is 5.84 Å². The third-order valence-electron chi connectivity index (χ3n) is 11.0. The maximum atomic E-state index is 5.51. The molecule has 1 unspecified atom stereocenters. The normalized spacial score (nSPS) is 16.8. The van der Waals surface area contributed by atoms with E-state index in [1.807, 2.05) is 6.07 Å². The van der Waals surface area contributed by atoms with E-state index in [1.54, 1.807) is 0 Å². The third-order valence-corrected chi connectivity index (χ3v) is 11.0. The van der Waals surface area contributed by atoms with Gasteiger partial charge in [0.2, 0.25) is 6.29 Å². The van der Waals surface area contributed by atoms with Crippen molar-refractivity contribution in [3.63, 3.8) is 0 Å². The maximum Gasteiger partial charge on any atom is 0.206 e. The molecule has 3 heterocycles. The molecular weight excluding hydrogens is 635 g/mol. The number of rotatable bonds is 4. The summed E-state index contributed by atoms with van der Waals surface area (Å²) in [5.74, 6) is 1.60. The van der Waals surface area contributed by atoms with Crippen LogP contribution in [0.2, 0.25) is 0 Å². The maximum absolute atomic E-state index is 5.51. The van der Waals surface area contributed by atoms with Crippen molar-refractivity contribution in [3.05, 3.63) is 186 Å². The first kappa shape index (κ1) is 30.4. The minimum Gasteiger partial charge on any atom is -0.320 e. The van der Waals surface area contributed by atoms with E-state index in [0.717, 1.165) is 34.0 Å². The van der Waals surface area contributed by atoms with Crippen molar-refractivity contribution < 1.29 is 0 Å². The molecule has 3 aliphatic rings. The summed E-state index contributed by atoms with van der Waals surface area (Å²) in [7, 11) is 2.12. The summed E-state index contributed by atoms with van der Waals surface area (Å²) < 4.78 is 0. The van der Waals surface area contributed by atoms with Gasteiger partial charge in [0, 0.05) is 40.2 Å². The van der Waals surface area contributed by atoms with Crippen molar-refractivity contribution in [3.8, 4) is 11.1 Å². The van der Waals surface area contributed by atoms with Gasteiger partial charge in [-0.25, -0.2) is 9.98 Å². The highest BCUT2D eigenvalue weighted by atomic mass is 15.5. The molecule has 1 atom stereocenters. The van der Waals surface area contributed by atoms with Crippen LogP contribution in [-0.4, -0.2) is 29.9 Å². The van der Waals surface area contributed by atoms with Crippen molar-refractivity contribution in [1.29, 1.82) is 0 Å². The lowest BCUT2D eigenvalue weighted by molar-refractivity contribution is 0.377. The Morgan fingerprint density at radius 1 is 0.558 bits per heavy atom. The SMILES string of the molecule is CN1C(c2ccccc2)=NC(c2ccccc2)=NC1N1c2ccc3c(c2-c2cccc4cccc1c24)N(c1ccccc1)c1ccccc1C3(C)C. The quantitative estimate of drug-likeness (QED) is 0.187. The number of nitrogens with zero attached hydrogens (tertiary/aromatic N) is 5. The van der Waals surface area contributed by atoms with Crippen LogP contribution in [0.1, 0.15) is 36.1 Å². The fourth-order valence-electron chi connectivity index (χ4n) is 8.53. The second kappa shape index (κ2) is 11.5. The lowest BCUT2D eigenvalue weighted by atomic mass is 9.71. The summed E-state index contributed by atoms with van der Waals surface area (Å²) in [5, 5.41) is 2.43. The standard InChI is InChI=1S/C47H37N5/c1-47(2)36-26-13-14-27-38(36)51(34-23-11-6-12-24-34)43-37(47)29-30-40-42(43)35-25-15-21-31-22-16-28-39(41(31)35)52(40)46-49-44(32-17-7-4-8-18-32)48-45(50(46)3)33-19-9-5-10-20-33/h4-30,46H,1-3H3. The summed E-state index contributed by atoms with van der Waals surface area (Å²) in [6, 6.07) is 58.6. The first-order valence-corrected chi connectivity index (χ1v) is 17.9. The van der Waals surface area contributed by atoms with Gasteiger partial charge in [-0.3, -0.25) is 0 Å². The fraction of sp³-hybridized carbons (Fsp3) is 0.106. The summed E-state index contributed by atoms with van der Waals surface area (Å²) in [6.07, 6.45) is -0.423. The van der Waals surface area contributed by atoms with Crippen LogP contribution in [0, 0.1) is 0 Å². The van der Waals surface area contributed by atoms with Gasteiger partial charge in [-0.2, -0.15) is 0 Å². The lowest BCUT2D eigenvalue weighted by Gasteiger charge is -2.47. The monoisotopic (exact) mass is 671 g/mol. The molecule has 0 saturated heterocycles. The average molecular weight is 672 g/mol. The Morgan fingerprint density at radius 3 is 1.94 bits per heavy atom. The van der Waals surface area contributed by atoms with Crippen LogP contribution >= 0.6 is 0 Å². The number of aliphatic imine (C=N–C) groups is 2. The van der Waals surface area contributed by atoms with Crippen LogP contribution < -0.4 is 9.80 Å². The van der Waals surface area contributed by atoms with Crippen LogP contribution in [0.4, 0.5) is 28.4 Å². The van der Waals surface area contributed by atoms with E-state index < -0.39 is 6.29 Å². The van der Waals surface area contributed by atoms with Gasteiger partial charge >= 0.3 is 0 Å². The first-order valence-electron chi connectivity index (χ1n) is 17.9. The van der Waals surface area contributed by atoms with Crippen LogP contribution in [0.15, 0.2) is 174 Å². The number of benzene rings is 7. The molecular formula is C47H37N5. The molecule has 5 nitrogen and oxygen atoms in total. The Labute approximate surface area is 304 Å². The van der Waals surface area contributed by atoms with Crippen molar-refractivity contribution >= 4 is 50.9 Å². The number of fused-ring (bicyclic) bond motifs is 5. The number of hydrogen-bond donors (Lipinski definition) is 0. The molecule has 0 saturated carbocycles. The molecule has 0 spiro atoms. The molecule has 52 heavy (non-hydrogen) atoms. The Bertz CT molecular complexity index is 2570. The highest BCUT2D eigenvalue weighted by molar-refractivity contribution is 6.17. The zero-order valence-electron chi connectivity index (χ0n) is 29.4. The molecule has 7 aromatic carbocycles. The van der Waals surface area contributed by atoms with Gasteiger partial charge in [-0.15, -0.1) is 0 Å². The lowest BCUT2D eigenvalue weighted by Crippen LogP contribution is -2.50. The van der Waals surface area contributed by atoms with Gasteiger partial charge < -0.3 is 14.7 Å². The molecule has 3 aliphatic heterocycles. The molecule has 250 valence electrons. The van der Waals surface area contributed by atoms with Gasteiger partial charge in [0.25, 0.3) is 0 Å². The van der Waals surface area contributed by atoms with E-state index in [-0.39, 0.29) is 5.41 Å². The largest absolute Gasteiger partial charge is 0.320 e. The van der Waals surface area contributed by atoms with Crippen molar-refractivity contribution in [1.82, 2.24) is 4.90 Å². The Balaban J connectivity index is 1.29. The van der Waals surface area contributed by atoms with E-state index >= 15 is 0 Å². The average Bonchev–Trinajstić information content (AvgIpc) is 3.19. The second-order valence-electron chi connectivity index (χ2n) is 14.3. The zero-order chi connectivity index (χ0) is 35.0. The minimum atomic E-state index is -0.423. The van der Waals surface area contributed by atoms with E-state index in [4.69, 9.17) is 9.98 Å². The van der Waals surface area contributed by atoms with E-state index in [9.17, 15) is 0 Å². The highest BCUT2D eigenvalue weighted by Crippen LogP contribution is 2.60. The molecule has 0 fully saturated rings. The smallest absolute Gasteiger partial charge is 0.206 e. The summed E-state index contributed by atoms with van der Waals surface area (Å²) in [5.41, 5.74) is 12.6. The molecule has 0 amide bonds. The fourth-order valence-corrected chi connectivity index (χ4v) is 8.53. The van der Waals surface area contributed by atoms with Gasteiger partial charge in [0.1, 0.15) is 5.84 Å². The number of anilines is 5. The molecule has 10 rings (SSSR count). The topological polar surface area (TPSA) is 34.4 Å². The van der Waals surface area contributed by atoms with Crippen molar-refractivity contribution in [2.75, 3.05) is 16.8 Å². The van der Waals surface area contributed by atoms with Gasteiger partial charge in [0.05, 0.1) is 22.7 Å². The van der Waals surface area contributed by atoms with E-state index in [0.29, 0.717) is 5.84 Å². The molecule has 0 bridgehead atoms. The molecule has 0 aliphatic carbocycles. The predicted molar refractivity (Wildman–Crippen MR) is 216 cm³/mol. The number of amidine groups is 2. The van der Waals surface area contributed by atoms with Crippen LogP contribution in [0.25, 0.3) is 21.9 Å². The second-order valence-corrected chi connectivity index (χ2v) is 14.3. The Hall–Kier alpha value is -6.46. The predicted octanol–water partition coefficient (Wildman–Crippen LogP) is 11.2. The molecule has 0 radical (unpaired) electrons. The minimum absolute atomic E-state index is 0.241. The summed E-state index contributed by atoms with van der Waals surface area (Å²) in [4.78, 5) is 17.9. The van der Waals surface area contributed by atoms with Crippen molar-refractivity contribution in [2.24, 2.45) is 9.98 Å². The Kier molecular flexibility index (Phi) is 6.74. The van der Waals surface area contributed by atoms with Gasteiger partial charge in [-0.1, -0.05) is 147 Å². The molecule has 0 aromatic heterocycles.